The zero-order chi connectivity index (χ0) is 15.1. The Morgan fingerprint density at radius 3 is 2.32 bits per heavy atom. The maximum absolute atomic E-state index is 11.7. The number of carbonyl (C=O) groups is 2. The van der Waals surface area contributed by atoms with Gasteiger partial charge in [0.2, 0.25) is 0 Å². The average molecular weight is 274 g/mol. The van der Waals surface area contributed by atoms with Crippen LogP contribution in [0.5, 0.6) is 0 Å². The molecule has 112 valence electrons. The molecule has 0 aliphatic carbocycles. The quantitative estimate of drug-likeness (QED) is 0.627. The molecular weight excluding hydrogens is 248 g/mol. The molecule has 0 rings (SSSR count). The van der Waals surface area contributed by atoms with Crippen molar-refractivity contribution >= 4 is 12.0 Å². The Morgan fingerprint density at radius 1 is 1.32 bits per heavy atom. The second-order valence-corrected chi connectivity index (χ2v) is 5.47. The molecule has 6 heteroatoms. The van der Waals surface area contributed by atoms with E-state index >= 15 is 0 Å². The van der Waals surface area contributed by atoms with Crippen LogP contribution in [0.25, 0.3) is 0 Å². The van der Waals surface area contributed by atoms with Gasteiger partial charge < -0.3 is 20.5 Å². The molecule has 6 nitrogen and oxygen atoms in total. The van der Waals surface area contributed by atoms with E-state index in [1.54, 1.807) is 0 Å². The smallest absolute Gasteiger partial charge is 0.315 e. The molecule has 0 aromatic carbocycles. The lowest BCUT2D eigenvalue weighted by atomic mass is 10.0. The SMILES string of the molecule is CCOC(C)(C)CNC(=O)NC(CC(=O)O)C(C)C. The molecule has 0 aromatic heterocycles. The van der Waals surface area contributed by atoms with Crippen molar-refractivity contribution in [1.29, 1.82) is 0 Å². The van der Waals surface area contributed by atoms with E-state index in [1.807, 2.05) is 34.6 Å². The Labute approximate surface area is 114 Å². The molecule has 0 saturated heterocycles. The van der Waals surface area contributed by atoms with E-state index in [9.17, 15) is 9.59 Å². The number of amides is 2. The van der Waals surface area contributed by atoms with Gasteiger partial charge >= 0.3 is 12.0 Å². The number of nitrogens with one attached hydrogen (secondary N) is 2. The monoisotopic (exact) mass is 274 g/mol. The van der Waals surface area contributed by atoms with Gasteiger partial charge in [-0.1, -0.05) is 13.8 Å². The van der Waals surface area contributed by atoms with Crippen molar-refractivity contribution in [2.75, 3.05) is 13.2 Å². The number of carboxylic acids is 1. The van der Waals surface area contributed by atoms with Crippen molar-refractivity contribution in [3.63, 3.8) is 0 Å². The molecule has 19 heavy (non-hydrogen) atoms. The van der Waals surface area contributed by atoms with Gasteiger partial charge in [-0.25, -0.2) is 4.79 Å². The largest absolute Gasteiger partial charge is 0.481 e. The summed E-state index contributed by atoms with van der Waals surface area (Å²) >= 11 is 0. The number of hydrogen-bond donors (Lipinski definition) is 3. The van der Waals surface area contributed by atoms with E-state index in [0.717, 1.165) is 0 Å². The van der Waals surface area contributed by atoms with Crippen molar-refractivity contribution in [3.05, 3.63) is 0 Å². The molecule has 3 N–H and O–H groups in total. The van der Waals surface area contributed by atoms with Crippen LogP contribution in [0.15, 0.2) is 0 Å². The number of hydrogen-bond acceptors (Lipinski definition) is 3. The summed E-state index contributed by atoms with van der Waals surface area (Å²) in [6, 6.07) is -0.750. The second-order valence-electron chi connectivity index (χ2n) is 5.47. The Morgan fingerprint density at radius 2 is 1.89 bits per heavy atom. The molecule has 0 fully saturated rings. The lowest BCUT2D eigenvalue weighted by molar-refractivity contribution is -0.137. The van der Waals surface area contributed by atoms with Gasteiger partial charge in [-0.3, -0.25) is 4.79 Å². The number of aliphatic carboxylic acids is 1. The molecule has 0 aliphatic rings. The van der Waals surface area contributed by atoms with Crippen LogP contribution in [0.3, 0.4) is 0 Å². The number of carboxylic acid groups (broad SMARTS) is 1. The van der Waals surface area contributed by atoms with Crippen LogP contribution in [0.2, 0.25) is 0 Å². The Bertz CT molecular complexity index is 303. The predicted molar refractivity (Wildman–Crippen MR) is 73.1 cm³/mol. The van der Waals surface area contributed by atoms with Crippen LogP contribution < -0.4 is 10.6 Å². The van der Waals surface area contributed by atoms with Crippen LogP contribution >= 0.6 is 0 Å². The van der Waals surface area contributed by atoms with Gasteiger partial charge in [-0.05, 0) is 26.7 Å². The average Bonchev–Trinajstić information content (AvgIpc) is 2.25. The zero-order valence-corrected chi connectivity index (χ0v) is 12.4. The fraction of sp³-hybridized carbons (Fsp3) is 0.846. The van der Waals surface area contributed by atoms with Crippen LogP contribution in [0.1, 0.15) is 41.0 Å². The van der Waals surface area contributed by atoms with E-state index in [1.165, 1.54) is 0 Å². The lowest BCUT2D eigenvalue weighted by Gasteiger charge is -2.26. The van der Waals surface area contributed by atoms with Gasteiger partial charge in [-0.15, -0.1) is 0 Å². The summed E-state index contributed by atoms with van der Waals surface area (Å²) in [6.45, 7) is 10.3. The van der Waals surface area contributed by atoms with Crippen molar-refractivity contribution in [1.82, 2.24) is 10.6 Å². The normalized spacial score (nSPS) is 13.2. The molecule has 0 aliphatic heterocycles. The minimum atomic E-state index is -0.923. The summed E-state index contributed by atoms with van der Waals surface area (Å²) in [5.74, 6) is -0.865. The van der Waals surface area contributed by atoms with E-state index in [4.69, 9.17) is 9.84 Å². The van der Waals surface area contributed by atoms with Crippen LogP contribution in [-0.2, 0) is 9.53 Å². The van der Waals surface area contributed by atoms with E-state index < -0.39 is 11.6 Å². The van der Waals surface area contributed by atoms with Crippen LogP contribution in [0, 0.1) is 5.92 Å². The Kier molecular flexibility index (Phi) is 7.44. The number of urea groups is 1. The highest BCUT2D eigenvalue weighted by Crippen LogP contribution is 2.08. The fourth-order valence-corrected chi connectivity index (χ4v) is 1.60. The van der Waals surface area contributed by atoms with Crippen LogP contribution in [0.4, 0.5) is 4.79 Å². The van der Waals surface area contributed by atoms with E-state index in [-0.39, 0.29) is 24.4 Å². The molecule has 1 atom stereocenters. The minimum absolute atomic E-state index is 0.0572. The molecule has 0 bridgehead atoms. The standard InChI is InChI=1S/C13H26N2O4/c1-6-19-13(4,5)8-14-12(18)15-10(9(2)3)7-11(16)17/h9-10H,6-8H2,1-5H3,(H,16,17)(H2,14,15,18). The first-order chi connectivity index (χ1) is 8.68. The second kappa shape index (κ2) is 7.99. The fourth-order valence-electron chi connectivity index (χ4n) is 1.60. The topological polar surface area (TPSA) is 87.7 Å². The highest BCUT2D eigenvalue weighted by molar-refractivity contribution is 5.75. The maximum Gasteiger partial charge on any atom is 0.315 e. The first-order valence-electron chi connectivity index (χ1n) is 6.58. The van der Waals surface area contributed by atoms with Gasteiger partial charge in [0.25, 0.3) is 0 Å². The highest BCUT2D eigenvalue weighted by Gasteiger charge is 2.22. The zero-order valence-electron chi connectivity index (χ0n) is 12.4. The molecule has 0 aromatic rings. The minimum Gasteiger partial charge on any atom is -0.481 e. The van der Waals surface area contributed by atoms with Crippen LogP contribution in [-0.4, -0.2) is 41.9 Å². The first-order valence-corrected chi connectivity index (χ1v) is 6.58. The Balaban J connectivity index is 4.24. The third-order valence-corrected chi connectivity index (χ3v) is 2.73. The third kappa shape index (κ3) is 8.42. The van der Waals surface area contributed by atoms with Gasteiger partial charge in [-0.2, -0.15) is 0 Å². The third-order valence-electron chi connectivity index (χ3n) is 2.73. The highest BCUT2D eigenvalue weighted by atomic mass is 16.5. The van der Waals surface area contributed by atoms with Gasteiger partial charge in [0, 0.05) is 19.2 Å². The predicted octanol–water partition coefficient (Wildman–Crippen LogP) is 1.60. The molecule has 0 heterocycles. The summed E-state index contributed by atoms with van der Waals surface area (Å²) in [7, 11) is 0. The summed E-state index contributed by atoms with van der Waals surface area (Å²) in [5, 5.41) is 14.2. The van der Waals surface area contributed by atoms with Crippen molar-refractivity contribution in [2.45, 2.75) is 52.7 Å². The number of carbonyl (C=O) groups excluding carboxylic acids is 1. The summed E-state index contributed by atoms with van der Waals surface area (Å²) < 4.78 is 5.46. The summed E-state index contributed by atoms with van der Waals surface area (Å²) in [5.41, 5.74) is -0.438. The molecule has 0 saturated carbocycles. The molecule has 0 radical (unpaired) electrons. The first kappa shape index (κ1) is 17.7. The van der Waals surface area contributed by atoms with E-state index in [0.29, 0.717) is 13.2 Å². The summed E-state index contributed by atoms with van der Waals surface area (Å²) in [4.78, 5) is 22.4. The van der Waals surface area contributed by atoms with Crippen molar-refractivity contribution in [3.8, 4) is 0 Å². The van der Waals surface area contributed by atoms with Gasteiger partial charge in [0.1, 0.15) is 0 Å². The van der Waals surface area contributed by atoms with Crippen molar-refractivity contribution < 1.29 is 19.4 Å². The molecule has 2 amide bonds. The Hall–Kier alpha value is -1.30. The maximum atomic E-state index is 11.7. The van der Waals surface area contributed by atoms with E-state index in [2.05, 4.69) is 10.6 Å². The number of rotatable bonds is 8. The van der Waals surface area contributed by atoms with Gasteiger partial charge in [0.15, 0.2) is 0 Å². The van der Waals surface area contributed by atoms with Gasteiger partial charge in [0.05, 0.1) is 12.0 Å². The number of ether oxygens (including phenoxy) is 1. The molecule has 0 spiro atoms. The summed E-state index contributed by atoms with van der Waals surface area (Å²) in [6.07, 6.45) is -0.0834. The lowest BCUT2D eigenvalue weighted by Crippen LogP contribution is -2.49. The molecular formula is C13H26N2O4. The van der Waals surface area contributed by atoms with Crippen molar-refractivity contribution in [2.24, 2.45) is 5.92 Å². The molecule has 1 unspecified atom stereocenters.